The zero-order valence-corrected chi connectivity index (χ0v) is 28.8. The van der Waals surface area contributed by atoms with Gasteiger partial charge in [0.15, 0.2) is 23.1 Å². The predicted octanol–water partition coefficient (Wildman–Crippen LogP) is 12.6. The predicted molar refractivity (Wildman–Crippen MR) is 215 cm³/mol. The lowest BCUT2D eigenvalue weighted by Crippen LogP contribution is -2.00. The van der Waals surface area contributed by atoms with Crippen LogP contribution in [-0.2, 0) is 0 Å². The van der Waals surface area contributed by atoms with Crippen molar-refractivity contribution < 1.29 is 8.83 Å². The number of fused-ring (bicyclic) bond motifs is 8. The first-order valence-electron chi connectivity index (χ1n) is 17.4. The van der Waals surface area contributed by atoms with E-state index in [1.54, 1.807) is 11.3 Å². The zero-order valence-electron chi connectivity index (χ0n) is 28.0. The summed E-state index contributed by atoms with van der Waals surface area (Å²) in [6.45, 7) is 0. The van der Waals surface area contributed by atoms with E-state index in [-0.39, 0.29) is 0 Å². The Hall–Kier alpha value is -6.96. The Kier molecular flexibility index (Phi) is 6.62. The molecular weight excluding hydrogens is 673 g/mol. The van der Waals surface area contributed by atoms with Gasteiger partial charge < -0.3 is 8.83 Å². The molecule has 0 radical (unpaired) electrons. The van der Waals surface area contributed by atoms with Crippen molar-refractivity contribution in [3.8, 4) is 56.7 Å². The highest BCUT2D eigenvalue weighted by Gasteiger charge is 2.21. The van der Waals surface area contributed by atoms with E-state index in [0.717, 1.165) is 86.6 Å². The summed E-state index contributed by atoms with van der Waals surface area (Å²) in [5, 5.41) is 4.17. The molecule has 0 saturated heterocycles. The van der Waals surface area contributed by atoms with Gasteiger partial charge in [0.1, 0.15) is 16.7 Å². The number of thiophene rings is 1. The van der Waals surface area contributed by atoms with Crippen molar-refractivity contribution in [2.24, 2.45) is 0 Å². The molecule has 7 aromatic carbocycles. The zero-order chi connectivity index (χ0) is 34.9. The van der Waals surface area contributed by atoms with Gasteiger partial charge in [0, 0.05) is 53.2 Å². The number of benzene rings is 7. The molecule has 0 aliphatic rings. The molecule has 53 heavy (non-hydrogen) atoms. The molecule has 0 bridgehead atoms. The summed E-state index contributed by atoms with van der Waals surface area (Å²) in [4.78, 5) is 20.4. The van der Waals surface area contributed by atoms with Crippen LogP contribution in [0.25, 0.3) is 110 Å². The molecule has 4 heterocycles. The number of oxazole rings is 1. The molecule has 0 N–H and O–H groups in total. The molecule has 248 valence electrons. The van der Waals surface area contributed by atoms with Gasteiger partial charge in [-0.05, 0) is 47.5 Å². The highest BCUT2D eigenvalue weighted by atomic mass is 32.1. The summed E-state index contributed by atoms with van der Waals surface area (Å²) < 4.78 is 14.9. The maximum atomic E-state index is 6.51. The van der Waals surface area contributed by atoms with Crippen LogP contribution < -0.4 is 0 Å². The summed E-state index contributed by atoms with van der Waals surface area (Å²) >= 11 is 1.71. The van der Waals surface area contributed by atoms with Gasteiger partial charge in [-0.15, -0.1) is 11.3 Å². The Bertz CT molecular complexity index is 3160. The fourth-order valence-corrected chi connectivity index (χ4v) is 8.52. The van der Waals surface area contributed by atoms with Crippen LogP contribution in [0.15, 0.2) is 167 Å². The van der Waals surface area contributed by atoms with Gasteiger partial charge in [-0.3, -0.25) is 0 Å². The minimum absolute atomic E-state index is 0.563. The van der Waals surface area contributed by atoms with Crippen molar-refractivity contribution in [2.75, 3.05) is 0 Å². The van der Waals surface area contributed by atoms with Crippen LogP contribution in [0.4, 0.5) is 0 Å². The first-order valence-corrected chi connectivity index (χ1v) is 18.2. The van der Waals surface area contributed by atoms with Crippen molar-refractivity contribution in [3.05, 3.63) is 158 Å². The second-order valence-corrected chi connectivity index (χ2v) is 14.0. The smallest absolute Gasteiger partial charge is 0.228 e. The molecule has 0 unspecified atom stereocenters. The van der Waals surface area contributed by atoms with E-state index < -0.39 is 0 Å². The van der Waals surface area contributed by atoms with Gasteiger partial charge in [-0.1, -0.05) is 121 Å². The molecule has 11 rings (SSSR count). The van der Waals surface area contributed by atoms with Gasteiger partial charge >= 0.3 is 0 Å². The molecule has 0 amide bonds. The van der Waals surface area contributed by atoms with E-state index in [9.17, 15) is 0 Å². The number of aromatic nitrogens is 4. The molecular formula is C46H26N4O2S. The molecule has 0 fully saturated rings. The molecule has 0 aliphatic heterocycles. The van der Waals surface area contributed by atoms with E-state index >= 15 is 0 Å². The van der Waals surface area contributed by atoms with Crippen LogP contribution in [0, 0.1) is 0 Å². The molecule has 11 aromatic rings. The normalized spacial score (nSPS) is 11.8. The van der Waals surface area contributed by atoms with E-state index in [0.29, 0.717) is 23.4 Å². The van der Waals surface area contributed by atoms with Crippen LogP contribution in [0.5, 0.6) is 0 Å². The first kappa shape index (κ1) is 29.7. The number of nitrogens with zero attached hydrogens (tertiary/aromatic N) is 4. The minimum Gasteiger partial charge on any atom is -0.456 e. The summed E-state index contributed by atoms with van der Waals surface area (Å²) in [6, 6.07) is 53.4. The van der Waals surface area contributed by atoms with E-state index in [2.05, 4.69) is 78.9 Å². The standard InChI is InChI=1S/C46H26N4O2S/c1-3-11-27(12-4-1)28-21-23-30(24-22-28)44-48-43(29-13-5-2-6-14-29)49-45(50-44)34-18-9-16-32-40-38(53-42(32)34)26-25-37-41(40)47-46(52-37)33-17-10-20-36-39(33)31-15-7-8-19-35(31)51-36/h1-26H. The van der Waals surface area contributed by atoms with E-state index in [4.69, 9.17) is 28.8 Å². The molecule has 0 aliphatic carbocycles. The molecule has 0 saturated carbocycles. The average molecular weight is 699 g/mol. The number of hydrogen-bond acceptors (Lipinski definition) is 7. The van der Waals surface area contributed by atoms with Gasteiger partial charge in [0.2, 0.25) is 5.89 Å². The van der Waals surface area contributed by atoms with Crippen molar-refractivity contribution >= 4 is 64.5 Å². The maximum absolute atomic E-state index is 6.51. The van der Waals surface area contributed by atoms with Gasteiger partial charge in [-0.25, -0.2) is 19.9 Å². The third kappa shape index (κ3) is 4.86. The van der Waals surface area contributed by atoms with Crippen molar-refractivity contribution in [1.29, 1.82) is 0 Å². The van der Waals surface area contributed by atoms with E-state index in [1.807, 2.05) is 78.9 Å². The number of rotatable bonds is 5. The SMILES string of the molecule is c1ccc(-c2ccc(-c3nc(-c4ccccc4)nc(-c4cccc5c4sc4ccc6oc(-c7cccc8oc9ccccc9c78)nc6c45)n3)cc2)cc1. The quantitative estimate of drug-likeness (QED) is 0.178. The van der Waals surface area contributed by atoms with Crippen LogP contribution in [0.3, 0.4) is 0 Å². The number of para-hydroxylation sites is 1. The molecule has 4 aromatic heterocycles. The molecule has 7 heteroatoms. The summed E-state index contributed by atoms with van der Waals surface area (Å²) in [6.07, 6.45) is 0. The van der Waals surface area contributed by atoms with Crippen LogP contribution >= 0.6 is 11.3 Å². The Labute approximate surface area is 306 Å². The Balaban J connectivity index is 1.08. The van der Waals surface area contributed by atoms with Crippen LogP contribution in [0.2, 0.25) is 0 Å². The summed E-state index contributed by atoms with van der Waals surface area (Å²) in [5.74, 6) is 2.43. The highest BCUT2D eigenvalue weighted by molar-refractivity contribution is 7.26. The number of hydrogen-bond donors (Lipinski definition) is 0. The van der Waals surface area contributed by atoms with Crippen LogP contribution in [-0.4, -0.2) is 19.9 Å². The fourth-order valence-electron chi connectivity index (χ4n) is 7.30. The summed E-state index contributed by atoms with van der Waals surface area (Å²) in [5.41, 5.74) is 9.20. The minimum atomic E-state index is 0.563. The van der Waals surface area contributed by atoms with Crippen LogP contribution in [0.1, 0.15) is 0 Å². The molecule has 0 spiro atoms. The van der Waals surface area contributed by atoms with Gasteiger partial charge in [0.25, 0.3) is 0 Å². The Morgan fingerprint density at radius 2 is 0.981 bits per heavy atom. The lowest BCUT2D eigenvalue weighted by atomic mass is 10.0. The Morgan fingerprint density at radius 1 is 0.377 bits per heavy atom. The lowest BCUT2D eigenvalue weighted by Gasteiger charge is -2.10. The topological polar surface area (TPSA) is 77.8 Å². The second kappa shape index (κ2) is 11.8. The average Bonchev–Trinajstić information content (AvgIpc) is 3.95. The Morgan fingerprint density at radius 3 is 1.79 bits per heavy atom. The number of furan rings is 1. The molecule has 6 nitrogen and oxygen atoms in total. The maximum Gasteiger partial charge on any atom is 0.228 e. The molecule has 0 atom stereocenters. The highest BCUT2D eigenvalue weighted by Crippen LogP contribution is 2.44. The third-order valence-electron chi connectivity index (χ3n) is 9.81. The third-order valence-corrected chi connectivity index (χ3v) is 11.0. The summed E-state index contributed by atoms with van der Waals surface area (Å²) in [7, 11) is 0. The van der Waals surface area contributed by atoms with Gasteiger partial charge in [0.05, 0.1) is 0 Å². The second-order valence-electron chi connectivity index (χ2n) is 13.0. The van der Waals surface area contributed by atoms with Gasteiger partial charge in [-0.2, -0.15) is 0 Å². The first-order chi connectivity index (χ1) is 26.2. The van der Waals surface area contributed by atoms with Crippen molar-refractivity contribution in [2.45, 2.75) is 0 Å². The van der Waals surface area contributed by atoms with Crippen molar-refractivity contribution in [3.63, 3.8) is 0 Å². The fraction of sp³-hybridized carbons (Fsp3) is 0. The monoisotopic (exact) mass is 698 g/mol. The largest absolute Gasteiger partial charge is 0.456 e. The van der Waals surface area contributed by atoms with Crippen molar-refractivity contribution in [1.82, 2.24) is 19.9 Å². The van der Waals surface area contributed by atoms with E-state index in [1.165, 1.54) is 0 Å². The lowest BCUT2D eigenvalue weighted by molar-refractivity contribution is 0.620.